The molecule has 0 fully saturated rings. The summed E-state index contributed by atoms with van der Waals surface area (Å²) in [5.74, 6) is -0.422. The summed E-state index contributed by atoms with van der Waals surface area (Å²) >= 11 is 1.43. The zero-order valence-electron chi connectivity index (χ0n) is 11.7. The molecule has 4 nitrogen and oxygen atoms in total. The zero-order valence-corrected chi connectivity index (χ0v) is 12.5. The number of carboxylic acids is 1. The van der Waals surface area contributed by atoms with Gasteiger partial charge in [0.2, 0.25) is 0 Å². The first-order chi connectivity index (χ1) is 9.34. The number of hydrogen-bond donors (Lipinski definition) is 1. The van der Waals surface area contributed by atoms with Gasteiger partial charge in [0.15, 0.2) is 6.61 Å². The Labute approximate surface area is 123 Å². The second-order valence-corrected chi connectivity index (χ2v) is 6.12. The summed E-state index contributed by atoms with van der Waals surface area (Å²) in [5.41, 5.74) is 0.776. The van der Waals surface area contributed by atoms with E-state index in [0.717, 1.165) is 10.5 Å². The molecule has 0 bridgehead atoms. The van der Waals surface area contributed by atoms with Crippen molar-refractivity contribution in [3.63, 3.8) is 0 Å². The number of nitriles is 1. The summed E-state index contributed by atoms with van der Waals surface area (Å²) in [6, 6.07) is 7.51. The third kappa shape index (κ3) is 4.98. The smallest absolute Gasteiger partial charge is 0.341 e. The molecule has 0 amide bonds. The van der Waals surface area contributed by atoms with E-state index in [1.807, 2.05) is 39.0 Å². The maximum absolute atomic E-state index is 10.6. The van der Waals surface area contributed by atoms with E-state index in [0.29, 0.717) is 5.75 Å². The van der Waals surface area contributed by atoms with Crippen molar-refractivity contribution in [3.05, 3.63) is 35.2 Å². The van der Waals surface area contributed by atoms with Gasteiger partial charge in [-0.2, -0.15) is 5.26 Å². The molecule has 0 aliphatic heterocycles. The van der Waals surface area contributed by atoms with Gasteiger partial charge in [-0.05, 0) is 29.0 Å². The largest absolute Gasteiger partial charge is 0.482 e. The van der Waals surface area contributed by atoms with Gasteiger partial charge in [0.05, 0.1) is 6.07 Å². The van der Waals surface area contributed by atoms with Gasteiger partial charge < -0.3 is 9.84 Å². The molecule has 1 rings (SSSR count). The summed E-state index contributed by atoms with van der Waals surface area (Å²) < 4.78 is 5.33. The molecule has 1 aromatic carbocycles. The highest BCUT2D eigenvalue weighted by Gasteiger charge is 2.20. The summed E-state index contributed by atoms with van der Waals surface area (Å²) in [6.45, 7) is 5.75. The summed E-state index contributed by atoms with van der Waals surface area (Å²) in [7, 11) is 0. The number of nitrogens with zero attached hydrogens (tertiary/aromatic N) is 1. The van der Waals surface area contributed by atoms with Crippen LogP contribution in [0.2, 0.25) is 0 Å². The van der Waals surface area contributed by atoms with Crippen molar-refractivity contribution in [2.75, 3.05) is 6.61 Å². The van der Waals surface area contributed by atoms with Crippen molar-refractivity contribution >= 4 is 17.7 Å². The number of rotatable bonds is 5. The second kappa shape index (κ2) is 7.01. The first kappa shape index (κ1) is 16.1. The van der Waals surface area contributed by atoms with E-state index in [1.54, 1.807) is 11.5 Å². The molecule has 106 valence electrons. The molecule has 0 aromatic heterocycles. The molecule has 20 heavy (non-hydrogen) atoms. The number of thioether (sulfide) groups is 1. The summed E-state index contributed by atoms with van der Waals surface area (Å²) in [5, 5.41) is 18.9. The van der Waals surface area contributed by atoms with Crippen LogP contribution in [0.25, 0.3) is 0 Å². The van der Waals surface area contributed by atoms with Crippen molar-refractivity contribution in [2.45, 2.75) is 31.1 Å². The molecule has 1 aromatic rings. The maximum Gasteiger partial charge on any atom is 0.341 e. The Bertz CT molecular complexity index is 553. The Morgan fingerprint density at radius 3 is 2.75 bits per heavy atom. The Hall–Kier alpha value is -1.93. The van der Waals surface area contributed by atoms with Crippen LogP contribution < -0.4 is 4.74 Å². The zero-order chi connectivity index (χ0) is 15.2. The second-order valence-electron chi connectivity index (χ2n) is 5.14. The summed E-state index contributed by atoms with van der Waals surface area (Å²) in [4.78, 5) is 11.6. The van der Waals surface area contributed by atoms with E-state index in [4.69, 9.17) is 15.1 Å². The highest BCUT2D eigenvalue weighted by molar-refractivity contribution is 8.02. The SMILES string of the molecule is CC(C)(C)c1cc(S/C=C/C#N)ccc1OCC(=O)O. The molecule has 1 N–H and O–H groups in total. The van der Waals surface area contributed by atoms with Crippen molar-refractivity contribution in [3.8, 4) is 11.8 Å². The predicted molar refractivity (Wildman–Crippen MR) is 78.9 cm³/mol. The Morgan fingerprint density at radius 2 is 2.20 bits per heavy atom. The van der Waals surface area contributed by atoms with Crippen LogP contribution in [-0.2, 0) is 10.2 Å². The first-order valence-corrected chi connectivity index (χ1v) is 6.93. The van der Waals surface area contributed by atoms with Crippen LogP contribution in [0.15, 0.2) is 34.6 Å². The van der Waals surface area contributed by atoms with Crippen LogP contribution in [-0.4, -0.2) is 17.7 Å². The molecule has 0 aliphatic rings. The number of carbonyl (C=O) groups is 1. The molecule has 0 saturated heterocycles. The number of ether oxygens (including phenoxy) is 1. The molecule has 0 spiro atoms. The van der Waals surface area contributed by atoms with Crippen molar-refractivity contribution in [2.24, 2.45) is 0 Å². The monoisotopic (exact) mass is 291 g/mol. The van der Waals surface area contributed by atoms with E-state index < -0.39 is 5.97 Å². The molecule has 5 heteroatoms. The number of aliphatic carboxylic acids is 1. The molecule has 0 heterocycles. The lowest BCUT2D eigenvalue weighted by Gasteiger charge is -2.23. The van der Waals surface area contributed by atoms with Crippen LogP contribution in [0.5, 0.6) is 5.75 Å². The summed E-state index contributed by atoms with van der Waals surface area (Å²) in [6.07, 6.45) is 1.41. The molecule has 0 radical (unpaired) electrons. The topological polar surface area (TPSA) is 70.3 Å². The minimum absolute atomic E-state index is 0.163. The first-order valence-electron chi connectivity index (χ1n) is 6.05. The van der Waals surface area contributed by atoms with E-state index >= 15 is 0 Å². The average Bonchev–Trinajstić information content (AvgIpc) is 2.36. The van der Waals surface area contributed by atoms with Crippen LogP contribution >= 0.6 is 11.8 Å². The lowest BCUT2D eigenvalue weighted by Crippen LogP contribution is -2.16. The maximum atomic E-state index is 10.6. The van der Waals surface area contributed by atoms with Crippen LogP contribution in [0.1, 0.15) is 26.3 Å². The predicted octanol–water partition coefficient (Wildman–Crippen LogP) is 3.58. The van der Waals surface area contributed by atoms with Crippen molar-refractivity contribution in [1.29, 1.82) is 5.26 Å². The molecule has 0 aliphatic carbocycles. The number of carboxylic acid groups (broad SMARTS) is 1. The fourth-order valence-electron chi connectivity index (χ4n) is 1.58. The standard InChI is InChI=1S/C15H17NO3S/c1-15(2,3)12-9-11(20-8-4-7-16)5-6-13(12)19-10-14(17)18/h4-6,8-9H,10H2,1-3H3,(H,17,18)/b8-4+. The normalized spacial score (nSPS) is 11.3. The molecular weight excluding hydrogens is 274 g/mol. The highest BCUT2D eigenvalue weighted by Crippen LogP contribution is 2.35. The van der Waals surface area contributed by atoms with Crippen LogP contribution in [0.4, 0.5) is 0 Å². The molecule has 0 atom stereocenters. The molecular formula is C15H17NO3S. The van der Waals surface area contributed by atoms with E-state index in [2.05, 4.69) is 0 Å². The minimum Gasteiger partial charge on any atom is -0.482 e. The van der Waals surface area contributed by atoms with Crippen molar-refractivity contribution < 1.29 is 14.6 Å². The van der Waals surface area contributed by atoms with Gasteiger partial charge in [-0.1, -0.05) is 32.5 Å². The van der Waals surface area contributed by atoms with Gasteiger partial charge in [-0.25, -0.2) is 4.79 Å². The number of allylic oxidation sites excluding steroid dienone is 1. The van der Waals surface area contributed by atoms with Gasteiger partial charge in [0.1, 0.15) is 5.75 Å². The lowest BCUT2D eigenvalue weighted by molar-refractivity contribution is -0.139. The third-order valence-electron chi connectivity index (χ3n) is 2.46. The van der Waals surface area contributed by atoms with E-state index in [9.17, 15) is 4.79 Å². The van der Waals surface area contributed by atoms with Crippen LogP contribution in [0, 0.1) is 11.3 Å². The van der Waals surface area contributed by atoms with Crippen LogP contribution in [0.3, 0.4) is 0 Å². The Kier molecular flexibility index (Phi) is 5.66. The number of benzene rings is 1. The quantitative estimate of drug-likeness (QED) is 0.663. The molecule has 0 saturated carbocycles. The van der Waals surface area contributed by atoms with Gasteiger partial charge >= 0.3 is 5.97 Å². The molecule has 0 unspecified atom stereocenters. The van der Waals surface area contributed by atoms with E-state index in [-0.39, 0.29) is 12.0 Å². The fraction of sp³-hybridized carbons (Fsp3) is 0.333. The van der Waals surface area contributed by atoms with Gasteiger partial charge in [-0.15, -0.1) is 0 Å². The highest BCUT2D eigenvalue weighted by atomic mass is 32.2. The van der Waals surface area contributed by atoms with Gasteiger partial charge in [0.25, 0.3) is 0 Å². The van der Waals surface area contributed by atoms with Crippen molar-refractivity contribution in [1.82, 2.24) is 0 Å². The minimum atomic E-state index is -1.000. The lowest BCUT2D eigenvalue weighted by atomic mass is 9.86. The number of hydrogen-bond acceptors (Lipinski definition) is 4. The van der Waals surface area contributed by atoms with Gasteiger partial charge in [-0.3, -0.25) is 0 Å². The van der Waals surface area contributed by atoms with Gasteiger partial charge in [0, 0.05) is 16.5 Å². The Morgan fingerprint density at radius 1 is 1.50 bits per heavy atom. The Balaban J connectivity index is 3.04. The average molecular weight is 291 g/mol. The fourth-order valence-corrected chi connectivity index (χ4v) is 2.20. The van der Waals surface area contributed by atoms with E-state index in [1.165, 1.54) is 17.8 Å². The third-order valence-corrected chi connectivity index (χ3v) is 3.26.